The van der Waals surface area contributed by atoms with Crippen molar-refractivity contribution in [3.05, 3.63) is 53.0 Å². The molecule has 0 atom stereocenters. The Labute approximate surface area is 137 Å². The fraction of sp³-hybridized carbons (Fsp3) is 0.133. The van der Waals surface area contributed by atoms with E-state index in [9.17, 15) is 13.2 Å². The number of anilines is 2. The zero-order valence-electron chi connectivity index (χ0n) is 11.7. The number of likely N-dealkylation sites (N-methyl/N-ethyl adjacent to an activating group) is 1. The fourth-order valence-corrected chi connectivity index (χ4v) is 4.16. The van der Waals surface area contributed by atoms with Gasteiger partial charge in [0.1, 0.15) is 6.54 Å². The average molecular weight is 381 g/mol. The summed E-state index contributed by atoms with van der Waals surface area (Å²) in [6.07, 6.45) is 0. The molecule has 1 heterocycles. The first-order valence-electron chi connectivity index (χ1n) is 6.55. The maximum absolute atomic E-state index is 12.8. The Morgan fingerprint density at radius 1 is 1.05 bits per heavy atom. The molecule has 2 aromatic rings. The molecule has 114 valence electrons. The molecule has 0 fully saturated rings. The first-order valence-corrected chi connectivity index (χ1v) is 8.78. The van der Waals surface area contributed by atoms with Crippen LogP contribution in [0.1, 0.15) is 0 Å². The SMILES string of the molecule is CN1C(=O)CN(S(=O)(=O)c2ccccc2)c2ccc(Br)cc21. The molecule has 0 unspecified atom stereocenters. The monoisotopic (exact) mass is 380 g/mol. The molecule has 1 aliphatic rings. The number of hydrogen-bond donors (Lipinski definition) is 0. The van der Waals surface area contributed by atoms with Crippen LogP contribution in [0.4, 0.5) is 11.4 Å². The maximum atomic E-state index is 12.8. The van der Waals surface area contributed by atoms with Gasteiger partial charge in [-0.05, 0) is 30.3 Å². The minimum atomic E-state index is -3.77. The molecule has 5 nitrogen and oxygen atoms in total. The molecule has 0 bridgehead atoms. The van der Waals surface area contributed by atoms with Crippen LogP contribution in [0.15, 0.2) is 57.9 Å². The largest absolute Gasteiger partial charge is 0.312 e. The molecular formula is C15H13BrN2O3S. The van der Waals surface area contributed by atoms with Gasteiger partial charge in [-0.2, -0.15) is 0 Å². The smallest absolute Gasteiger partial charge is 0.264 e. The number of carbonyl (C=O) groups excluding carboxylic acids is 1. The van der Waals surface area contributed by atoms with E-state index < -0.39 is 10.0 Å². The van der Waals surface area contributed by atoms with Crippen molar-refractivity contribution in [2.75, 3.05) is 22.8 Å². The Hall–Kier alpha value is -1.86. The number of nitrogens with zero attached hydrogens (tertiary/aromatic N) is 2. The number of carbonyl (C=O) groups is 1. The molecule has 1 aliphatic heterocycles. The Bertz CT molecular complexity index is 837. The van der Waals surface area contributed by atoms with E-state index in [0.29, 0.717) is 11.4 Å². The summed E-state index contributed by atoms with van der Waals surface area (Å²) in [6.45, 7) is -0.206. The van der Waals surface area contributed by atoms with Crippen LogP contribution in [0.25, 0.3) is 0 Å². The predicted octanol–water partition coefficient (Wildman–Crippen LogP) is 2.62. The summed E-state index contributed by atoms with van der Waals surface area (Å²) in [4.78, 5) is 13.8. The van der Waals surface area contributed by atoms with Crippen LogP contribution in [0.5, 0.6) is 0 Å². The third-order valence-corrected chi connectivity index (χ3v) is 5.82. The Morgan fingerprint density at radius 2 is 1.73 bits per heavy atom. The second kappa shape index (κ2) is 5.40. The van der Waals surface area contributed by atoms with Crippen LogP contribution in [-0.4, -0.2) is 27.9 Å². The van der Waals surface area contributed by atoms with Gasteiger partial charge in [-0.1, -0.05) is 34.1 Å². The Kier molecular flexibility index (Phi) is 3.70. The van der Waals surface area contributed by atoms with Gasteiger partial charge in [-0.3, -0.25) is 9.10 Å². The van der Waals surface area contributed by atoms with Gasteiger partial charge in [0.15, 0.2) is 0 Å². The number of amides is 1. The molecule has 0 N–H and O–H groups in total. The minimum absolute atomic E-state index is 0.168. The molecule has 7 heteroatoms. The first kappa shape index (κ1) is 15.1. The van der Waals surface area contributed by atoms with E-state index in [4.69, 9.17) is 0 Å². The molecule has 0 radical (unpaired) electrons. The molecule has 1 amide bonds. The van der Waals surface area contributed by atoms with Crippen molar-refractivity contribution in [1.82, 2.24) is 0 Å². The van der Waals surface area contributed by atoms with Gasteiger partial charge in [0.25, 0.3) is 10.0 Å². The molecule has 0 saturated heterocycles. The topological polar surface area (TPSA) is 57.7 Å². The van der Waals surface area contributed by atoms with Gasteiger partial charge in [0.2, 0.25) is 5.91 Å². The molecule has 3 rings (SSSR count). The third-order valence-electron chi connectivity index (χ3n) is 3.55. The summed E-state index contributed by atoms with van der Waals surface area (Å²) >= 11 is 3.35. The van der Waals surface area contributed by atoms with Gasteiger partial charge < -0.3 is 4.90 Å². The lowest BCUT2D eigenvalue weighted by Crippen LogP contribution is -2.46. The van der Waals surface area contributed by atoms with Crippen molar-refractivity contribution in [2.24, 2.45) is 0 Å². The highest BCUT2D eigenvalue weighted by Gasteiger charge is 2.35. The van der Waals surface area contributed by atoms with E-state index in [2.05, 4.69) is 15.9 Å². The Morgan fingerprint density at radius 3 is 2.41 bits per heavy atom. The molecule has 2 aromatic carbocycles. The highest BCUT2D eigenvalue weighted by atomic mass is 79.9. The number of halogens is 1. The van der Waals surface area contributed by atoms with Gasteiger partial charge in [0, 0.05) is 11.5 Å². The van der Waals surface area contributed by atoms with Crippen molar-refractivity contribution >= 4 is 43.2 Å². The standard InChI is InChI=1S/C15H13BrN2O3S/c1-17-14-9-11(16)7-8-13(14)18(10-15(17)19)22(20,21)12-5-3-2-4-6-12/h2-9H,10H2,1H3. The zero-order valence-corrected chi connectivity index (χ0v) is 14.1. The van der Waals surface area contributed by atoms with Crippen molar-refractivity contribution in [2.45, 2.75) is 4.90 Å². The van der Waals surface area contributed by atoms with Gasteiger partial charge in [-0.25, -0.2) is 8.42 Å². The maximum Gasteiger partial charge on any atom is 0.264 e. The van der Waals surface area contributed by atoms with Crippen molar-refractivity contribution in [1.29, 1.82) is 0 Å². The lowest BCUT2D eigenvalue weighted by Gasteiger charge is -2.34. The molecule has 0 aromatic heterocycles. The summed E-state index contributed by atoms with van der Waals surface area (Å²) in [5, 5.41) is 0. The summed E-state index contributed by atoms with van der Waals surface area (Å²) in [5.74, 6) is -0.273. The number of rotatable bonds is 2. The van der Waals surface area contributed by atoms with Crippen molar-refractivity contribution in [3.63, 3.8) is 0 Å². The van der Waals surface area contributed by atoms with Gasteiger partial charge in [0.05, 0.1) is 16.3 Å². The predicted molar refractivity (Wildman–Crippen MR) is 88.5 cm³/mol. The van der Waals surface area contributed by atoms with Gasteiger partial charge in [-0.15, -0.1) is 0 Å². The fourth-order valence-electron chi connectivity index (χ4n) is 2.36. The summed E-state index contributed by atoms with van der Waals surface area (Å²) in [5.41, 5.74) is 1.05. The van der Waals surface area contributed by atoms with E-state index in [0.717, 1.165) is 8.78 Å². The molecule has 0 aliphatic carbocycles. The molecule has 22 heavy (non-hydrogen) atoms. The summed E-state index contributed by atoms with van der Waals surface area (Å²) < 4.78 is 27.6. The van der Waals surface area contributed by atoms with E-state index in [1.807, 2.05) is 0 Å². The van der Waals surface area contributed by atoms with Crippen molar-refractivity contribution in [3.8, 4) is 0 Å². The van der Waals surface area contributed by atoms with E-state index in [1.165, 1.54) is 17.0 Å². The van der Waals surface area contributed by atoms with Crippen LogP contribution in [0.3, 0.4) is 0 Å². The van der Waals surface area contributed by atoms with E-state index >= 15 is 0 Å². The number of hydrogen-bond acceptors (Lipinski definition) is 3. The van der Waals surface area contributed by atoms with Crippen LogP contribution in [0.2, 0.25) is 0 Å². The number of benzene rings is 2. The van der Waals surface area contributed by atoms with Crippen LogP contribution in [0, 0.1) is 0 Å². The first-order chi connectivity index (χ1) is 10.4. The van der Waals surface area contributed by atoms with Crippen LogP contribution >= 0.6 is 15.9 Å². The quantitative estimate of drug-likeness (QED) is 0.804. The van der Waals surface area contributed by atoms with E-state index in [-0.39, 0.29) is 17.3 Å². The normalized spacial score (nSPS) is 14.9. The van der Waals surface area contributed by atoms with E-state index in [1.54, 1.807) is 43.4 Å². The van der Waals surface area contributed by atoms with Gasteiger partial charge >= 0.3 is 0 Å². The lowest BCUT2D eigenvalue weighted by molar-refractivity contribution is -0.117. The number of sulfonamides is 1. The Balaban J connectivity index is 2.17. The molecular weight excluding hydrogens is 368 g/mol. The second-order valence-electron chi connectivity index (χ2n) is 4.91. The van der Waals surface area contributed by atoms with Crippen LogP contribution < -0.4 is 9.21 Å². The number of fused-ring (bicyclic) bond motifs is 1. The molecule has 0 saturated carbocycles. The highest BCUT2D eigenvalue weighted by Crippen LogP contribution is 2.37. The molecule has 0 spiro atoms. The average Bonchev–Trinajstić information content (AvgIpc) is 2.52. The second-order valence-corrected chi connectivity index (χ2v) is 7.69. The minimum Gasteiger partial charge on any atom is -0.312 e. The third kappa shape index (κ3) is 2.40. The van der Waals surface area contributed by atoms with Crippen LogP contribution in [-0.2, 0) is 14.8 Å². The zero-order chi connectivity index (χ0) is 15.9. The lowest BCUT2D eigenvalue weighted by atomic mass is 10.2. The van der Waals surface area contributed by atoms with Crippen molar-refractivity contribution < 1.29 is 13.2 Å². The summed E-state index contributed by atoms with van der Waals surface area (Å²) in [7, 11) is -2.14. The summed E-state index contributed by atoms with van der Waals surface area (Å²) in [6, 6.07) is 13.3. The highest BCUT2D eigenvalue weighted by molar-refractivity contribution is 9.10.